The zero-order valence-corrected chi connectivity index (χ0v) is 13.3. The number of aromatic hydroxyl groups is 1. The van der Waals surface area contributed by atoms with E-state index in [9.17, 15) is 10.2 Å². The lowest BCUT2D eigenvalue weighted by atomic mass is 9.98. The number of imidazole rings is 1. The van der Waals surface area contributed by atoms with E-state index in [4.69, 9.17) is 4.74 Å². The molecule has 0 radical (unpaired) electrons. The molecule has 1 atom stereocenters. The third kappa shape index (κ3) is 4.33. The molecule has 1 aliphatic rings. The molecule has 0 unspecified atom stereocenters. The maximum Gasteiger partial charge on any atom is 0.139 e. The van der Waals surface area contributed by atoms with Crippen LogP contribution in [0.3, 0.4) is 0 Å². The molecule has 2 N–H and O–H groups in total. The highest BCUT2D eigenvalue weighted by Crippen LogP contribution is 2.22. The van der Waals surface area contributed by atoms with Crippen molar-refractivity contribution < 1.29 is 14.9 Å². The van der Waals surface area contributed by atoms with Gasteiger partial charge in [0.25, 0.3) is 0 Å². The fourth-order valence-electron chi connectivity index (χ4n) is 3.09. The predicted molar refractivity (Wildman–Crippen MR) is 88.2 cm³/mol. The fraction of sp³-hybridized carbons (Fsp3) is 0.500. The van der Waals surface area contributed by atoms with Crippen molar-refractivity contribution in [2.45, 2.75) is 50.9 Å². The molecule has 0 spiro atoms. The van der Waals surface area contributed by atoms with E-state index in [2.05, 4.69) is 4.98 Å². The molecule has 23 heavy (non-hydrogen) atoms. The van der Waals surface area contributed by atoms with Crippen LogP contribution in [0.1, 0.15) is 32.1 Å². The second kappa shape index (κ2) is 7.62. The smallest absolute Gasteiger partial charge is 0.139 e. The van der Waals surface area contributed by atoms with Crippen molar-refractivity contribution >= 4 is 0 Å². The first-order chi connectivity index (χ1) is 11.2. The Morgan fingerprint density at radius 1 is 1.17 bits per heavy atom. The summed E-state index contributed by atoms with van der Waals surface area (Å²) < 4.78 is 7.76. The van der Waals surface area contributed by atoms with Crippen molar-refractivity contribution in [2.24, 2.45) is 0 Å². The molecule has 1 aliphatic carbocycles. The number of hydrogen-bond acceptors (Lipinski definition) is 4. The molecule has 1 aromatic carbocycles. The van der Waals surface area contributed by atoms with Gasteiger partial charge in [-0.2, -0.15) is 0 Å². The lowest BCUT2D eigenvalue weighted by molar-refractivity contribution is -0.0282. The molecular weight excluding hydrogens is 292 g/mol. The average molecular weight is 316 g/mol. The van der Waals surface area contributed by atoms with Gasteiger partial charge in [-0.05, 0) is 37.1 Å². The quantitative estimate of drug-likeness (QED) is 0.860. The largest absolute Gasteiger partial charge is 0.508 e. The van der Waals surface area contributed by atoms with Crippen molar-refractivity contribution in [1.29, 1.82) is 0 Å². The van der Waals surface area contributed by atoms with Crippen LogP contribution in [-0.4, -0.2) is 38.6 Å². The highest BCUT2D eigenvalue weighted by Gasteiger charge is 2.16. The molecule has 2 aromatic rings. The molecule has 5 nitrogen and oxygen atoms in total. The molecule has 124 valence electrons. The standard InChI is InChI=1S/C18H24N2O3/c21-15-8-6-14(7-9-15)18-19-10-11-20(18)12-16(22)13-23-17-4-2-1-3-5-17/h6-11,16-17,21-22H,1-5,12-13H2/t16-/m0/s1. The second-order valence-electron chi connectivity index (χ2n) is 6.20. The van der Waals surface area contributed by atoms with Crippen LogP contribution in [0.15, 0.2) is 36.7 Å². The van der Waals surface area contributed by atoms with E-state index in [1.165, 1.54) is 19.3 Å². The first-order valence-corrected chi connectivity index (χ1v) is 8.32. The molecule has 0 bridgehead atoms. The summed E-state index contributed by atoms with van der Waals surface area (Å²) in [7, 11) is 0. The Labute approximate surface area is 136 Å². The number of nitrogens with zero attached hydrogens (tertiary/aromatic N) is 2. The number of aliphatic hydroxyl groups excluding tert-OH is 1. The van der Waals surface area contributed by atoms with Crippen molar-refractivity contribution in [2.75, 3.05) is 6.61 Å². The Morgan fingerprint density at radius 2 is 1.91 bits per heavy atom. The van der Waals surface area contributed by atoms with Gasteiger partial charge < -0.3 is 19.5 Å². The Balaban J connectivity index is 1.57. The van der Waals surface area contributed by atoms with Crippen LogP contribution < -0.4 is 0 Å². The molecule has 0 saturated heterocycles. The van der Waals surface area contributed by atoms with E-state index in [0.29, 0.717) is 19.3 Å². The topological polar surface area (TPSA) is 67.5 Å². The van der Waals surface area contributed by atoms with Gasteiger partial charge in [0.1, 0.15) is 11.6 Å². The minimum Gasteiger partial charge on any atom is -0.508 e. The van der Waals surface area contributed by atoms with Crippen LogP contribution in [0.4, 0.5) is 0 Å². The van der Waals surface area contributed by atoms with Crippen LogP contribution in [0.25, 0.3) is 11.4 Å². The zero-order chi connectivity index (χ0) is 16.1. The third-order valence-corrected chi connectivity index (χ3v) is 4.32. The normalized spacial score (nSPS) is 17.3. The van der Waals surface area contributed by atoms with Crippen LogP contribution in [-0.2, 0) is 11.3 Å². The number of phenolic OH excluding ortho intramolecular Hbond substituents is 1. The summed E-state index contributed by atoms with van der Waals surface area (Å²) in [5, 5.41) is 19.6. The van der Waals surface area contributed by atoms with Gasteiger partial charge in [0.2, 0.25) is 0 Å². The maximum absolute atomic E-state index is 10.3. The van der Waals surface area contributed by atoms with Gasteiger partial charge in [-0.15, -0.1) is 0 Å². The first kappa shape index (κ1) is 16.0. The van der Waals surface area contributed by atoms with E-state index in [1.54, 1.807) is 18.3 Å². The van der Waals surface area contributed by atoms with Gasteiger partial charge in [0.05, 0.1) is 25.4 Å². The first-order valence-electron chi connectivity index (χ1n) is 8.32. The minimum absolute atomic E-state index is 0.229. The van der Waals surface area contributed by atoms with Crippen LogP contribution in [0.5, 0.6) is 5.75 Å². The molecule has 1 heterocycles. The average Bonchev–Trinajstić information content (AvgIpc) is 3.03. The van der Waals surface area contributed by atoms with Crippen LogP contribution in [0, 0.1) is 0 Å². The lowest BCUT2D eigenvalue weighted by Gasteiger charge is -2.23. The van der Waals surface area contributed by atoms with Crippen molar-refractivity contribution in [3.8, 4) is 17.1 Å². The van der Waals surface area contributed by atoms with Crippen molar-refractivity contribution in [3.63, 3.8) is 0 Å². The van der Waals surface area contributed by atoms with Crippen molar-refractivity contribution in [1.82, 2.24) is 9.55 Å². The number of benzene rings is 1. The number of aromatic nitrogens is 2. The number of phenols is 1. The Hall–Kier alpha value is -1.85. The number of hydrogen-bond donors (Lipinski definition) is 2. The van der Waals surface area contributed by atoms with Crippen LogP contribution >= 0.6 is 0 Å². The number of ether oxygens (including phenoxy) is 1. The summed E-state index contributed by atoms with van der Waals surface area (Å²) >= 11 is 0. The third-order valence-electron chi connectivity index (χ3n) is 4.32. The van der Waals surface area contributed by atoms with E-state index in [1.807, 2.05) is 22.9 Å². The SMILES string of the molecule is Oc1ccc(-c2nccn2C[C@H](O)COC2CCCCC2)cc1. The van der Waals surface area contributed by atoms with Gasteiger partial charge in [-0.1, -0.05) is 19.3 Å². The monoisotopic (exact) mass is 316 g/mol. The summed E-state index contributed by atoms with van der Waals surface area (Å²) in [5.74, 6) is 1.01. The van der Waals surface area contributed by atoms with Gasteiger partial charge in [-0.3, -0.25) is 0 Å². The van der Waals surface area contributed by atoms with Gasteiger partial charge in [0.15, 0.2) is 0 Å². The molecule has 0 amide bonds. The molecule has 1 fully saturated rings. The van der Waals surface area contributed by atoms with E-state index in [0.717, 1.165) is 24.2 Å². The number of aliphatic hydroxyl groups is 1. The van der Waals surface area contributed by atoms with Gasteiger partial charge in [-0.25, -0.2) is 4.98 Å². The molecule has 0 aliphatic heterocycles. The Morgan fingerprint density at radius 3 is 2.65 bits per heavy atom. The second-order valence-corrected chi connectivity index (χ2v) is 6.20. The predicted octanol–water partition coefficient (Wildman–Crippen LogP) is 2.97. The highest BCUT2D eigenvalue weighted by molar-refractivity contribution is 5.56. The lowest BCUT2D eigenvalue weighted by Crippen LogP contribution is -2.26. The van der Waals surface area contributed by atoms with E-state index < -0.39 is 6.10 Å². The molecule has 1 saturated carbocycles. The van der Waals surface area contributed by atoms with Crippen molar-refractivity contribution in [3.05, 3.63) is 36.7 Å². The summed E-state index contributed by atoms with van der Waals surface area (Å²) in [4.78, 5) is 4.35. The number of rotatable bonds is 6. The van der Waals surface area contributed by atoms with Gasteiger partial charge >= 0.3 is 0 Å². The molecule has 1 aromatic heterocycles. The fourth-order valence-corrected chi connectivity index (χ4v) is 3.09. The molecule has 5 heteroatoms. The van der Waals surface area contributed by atoms with Gasteiger partial charge in [0, 0.05) is 18.0 Å². The summed E-state index contributed by atoms with van der Waals surface area (Å²) in [6, 6.07) is 6.91. The summed E-state index contributed by atoms with van der Waals surface area (Å²) in [6.45, 7) is 0.806. The summed E-state index contributed by atoms with van der Waals surface area (Å²) in [6.07, 6.45) is 9.30. The zero-order valence-electron chi connectivity index (χ0n) is 13.3. The molecular formula is C18H24N2O3. The van der Waals surface area contributed by atoms with Crippen LogP contribution in [0.2, 0.25) is 0 Å². The Bertz CT molecular complexity index is 603. The highest BCUT2D eigenvalue weighted by atomic mass is 16.5. The minimum atomic E-state index is -0.554. The molecule has 3 rings (SSSR count). The van der Waals surface area contributed by atoms with E-state index >= 15 is 0 Å². The summed E-state index contributed by atoms with van der Waals surface area (Å²) in [5.41, 5.74) is 0.910. The Kier molecular flexibility index (Phi) is 5.31. The maximum atomic E-state index is 10.3. The van der Waals surface area contributed by atoms with E-state index in [-0.39, 0.29) is 5.75 Å².